The van der Waals surface area contributed by atoms with Crippen molar-refractivity contribution in [1.82, 2.24) is 20.4 Å². The summed E-state index contributed by atoms with van der Waals surface area (Å²) in [5, 5.41) is 16.6. The van der Waals surface area contributed by atoms with Crippen molar-refractivity contribution in [2.45, 2.75) is 61.7 Å². The van der Waals surface area contributed by atoms with Crippen molar-refractivity contribution in [3.05, 3.63) is 35.9 Å². The number of fused-ring (bicyclic) bond motifs is 1. The summed E-state index contributed by atoms with van der Waals surface area (Å²) >= 11 is 1.67. The molecular weight excluding hydrogens is 516 g/mol. The summed E-state index contributed by atoms with van der Waals surface area (Å²) in [5.74, 6) is -1.24. The van der Waals surface area contributed by atoms with Gasteiger partial charge in [-0.1, -0.05) is 44.2 Å². The molecule has 5 rings (SSSR count). The van der Waals surface area contributed by atoms with Crippen molar-refractivity contribution in [1.29, 1.82) is 0 Å². The van der Waals surface area contributed by atoms with Crippen molar-refractivity contribution < 1.29 is 24.2 Å². The first-order valence-corrected chi connectivity index (χ1v) is 15.2. The first-order valence-electron chi connectivity index (χ1n) is 14.4. The van der Waals surface area contributed by atoms with Gasteiger partial charge >= 0.3 is 0 Å². The fraction of sp³-hybridized carbons (Fsp3) is 0.690. The molecule has 1 aromatic carbocycles. The van der Waals surface area contributed by atoms with Crippen LogP contribution in [0.25, 0.3) is 0 Å². The number of carbonyl (C=O) groups is 3. The van der Waals surface area contributed by atoms with E-state index in [1.165, 1.54) is 0 Å². The lowest BCUT2D eigenvalue weighted by Gasteiger charge is -2.37. The Kier molecular flexibility index (Phi) is 8.85. The Bertz CT molecular complexity index is 1040. The Morgan fingerprint density at radius 2 is 1.90 bits per heavy atom. The summed E-state index contributed by atoms with van der Waals surface area (Å²) in [6.07, 6.45) is 2.12. The zero-order chi connectivity index (χ0) is 27.6. The fourth-order valence-electron chi connectivity index (χ4n) is 7.07. The van der Waals surface area contributed by atoms with Gasteiger partial charge in [0.25, 0.3) is 0 Å². The molecule has 2 bridgehead atoms. The van der Waals surface area contributed by atoms with Gasteiger partial charge in [0.15, 0.2) is 0 Å². The number of rotatable bonds is 11. The molecule has 4 fully saturated rings. The number of aliphatic hydroxyl groups is 1. The number of nitrogens with zero attached hydrogens (tertiary/aromatic N) is 2. The highest BCUT2D eigenvalue weighted by molar-refractivity contribution is 8.02. The van der Waals surface area contributed by atoms with E-state index in [0.29, 0.717) is 32.7 Å². The Labute approximate surface area is 235 Å². The van der Waals surface area contributed by atoms with Gasteiger partial charge in [0.05, 0.1) is 42.4 Å². The Hall–Kier alpha value is -2.14. The quantitative estimate of drug-likeness (QED) is 0.375. The molecule has 2 unspecified atom stereocenters. The molecule has 1 spiro atoms. The smallest absolute Gasteiger partial charge is 0.244 e. The van der Waals surface area contributed by atoms with E-state index in [1.807, 2.05) is 30.3 Å². The van der Waals surface area contributed by atoms with E-state index in [-0.39, 0.29) is 35.5 Å². The molecule has 39 heavy (non-hydrogen) atoms. The number of thioether (sulfide) groups is 1. The summed E-state index contributed by atoms with van der Waals surface area (Å²) in [6.45, 7) is 8.60. The molecule has 0 aliphatic carbocycles. The molecule has 4 heterocycles. The SMILES string of the molecule is CC(C)C[C@H](CO)N1C(=O)[C@@H]2[C@H](C(=O)NCc3ccccc3)[C@@H]3CCC2(S3)C1C(=O)NCCN1CCOCC1. The maximum atomic E-state index is 14.2. The Morgan fingerprint density at radius 1 is 1.15 bits per heavy atom. The third-order valence-corrected chi connectivity index (χ3v) is 10.7. The number of nitrogens with one attached hydrogen (secondary N) is 2. The summed E-state index contributed by atoms with van der Waals surface area (Å²) in [6, 6.07) is 8.60. The van der Waals surface area contributed by atoms with E-state index < -0.39 is 28.7 Å². The fourth-order valence-corrected chi connectivity index (χ4v) is 9.27. The minimum absolute atomic E-state index is 0.0122. The van der Waals surface area contributed by atoms with Crippen LogP contribution in [0.5, 0.6) is 0 Å². The molecule has 3 amide bonds. The third-order valence-electron chi connectivity index (χ3n) is 8.78. The van der Waals surface area contributed by atoms with Crippen LogP contribution in [0.3, 0.4) is 0 Å². The lowest BCUT2D eigenvalue weighted by molar-refractivity contribution is -0.143. The highest BCUT2D eigenvalue weighted by Crippen LogP contribution is 2.66. The van der Waals surface area contributed by atoms with Crippen LogP contribution in [0.15, 0.2) is 30.3 Å². The van der Waals surface area contributed by atoms with E-state index in [9.17, 15) is 19.5 Å². The van der Waals surface area contributed by atoms with Crippen LogP contribution in [0.4, 0.5) is 0 Å². The second kappa shape index (κ2) is 12.2. The second-order valence-electron chi connectivity index (χ2n) is 11.7. The molecule has 9 nitrogen and oxygen atoms in total. The predicted molar refractivity (Wildman–Crippen MR) is 150 cm³/mol. The summed E-state index contributed by atoms with van der Waals surface area (Å²) in [4.78, 5) is 45.6. The minimum atomic E-state index is -0.697. The van der Waals surface area contributed by atoms with Crippen LogP contribution < -0.4 is 10.6 Å². The van der Waals surface area contributed by atoms with E-state index in [1.54, 1.807) is 16.7 Å². The molecule has 4 saturated heterocycles. The summed E-state index contributed by atoms with van der Waals surface area (Å²) < 4.78 is 4.77. The van der Waals surface area contributed by atoms with E-state index in [0.717, 1.165) is 38.0 Å². The van der Waals surface area contributed by atoms with Gasteiger partial charge < -0.3 is 25.4 Å². The molecule has 0 aromatic heterocycles. The molecule has 0 radical (unpaired) electrons. The van der Waals surface area contributed by atoms with Gasteiger partial charge in [-0.05, 0) is 30.7 Å². The van der Waals surface area contributed by atoms with Crippen molar-refractivity contribution in [3.8, 4) is 0 Å². The lowest BCUT2D eigenvalue weighted by Crippen LogP contribution is -2.57. The van der Waals surface area contributed by atoms with Crippen molar-refractivity contribution in [2.24, 2.45) is 17.8 Å². The van der Waals surface area contributed by atoms with Gasteiger partial charge in [-0.2, -0.15) is 0 Å². The van der Waals surface area contributed by atoms with Crippen LogP contribution in [-0.2, 0) is 25.7 Å². The molecule has 3 N–H and O–H groups in total. The number of benzene rings is 1. The highest BCUT2D eigenvalue weighted by Gasteiger charge is 2.74. The molecule has 4 aliphatic heterocycles. The number of carbonyl (C=O) groups excluding carboxylic acids is 3. The number of hydrogen-bond donors (Lipinski definition) is 3. The van der Waals surface area contributed by atoms with Gasteiger partial charge in [-0.15, -0.1) is 11.8 Å². The predicted octanol–water partition coefficient (Wildman–Crippen LogP) is 1.25. The summed E-state index contributed by atoms with van der Waals surface area (Å²) in [5.41, 5.74) is 1.01. The average Bonchev–Trinajstić information content (AvgIpc) is 3.59. The topological polar surface area (TPSA) is 111 Å². The molecule has 1 aromatic rings. The zero-order valence-corrected chi connectivity index (χ0v) is 23.8. The van der Waals surface area contributed by atoms with Gasteiger partial charge in [0.2, 0.25) is 17.7 Å². The highest BCUT2D eigenvalue weighted by atomic mass is 32.2. The first-order chi connectivity index (χ1) is 18.9. The number of likely N-dealkylation sites (tertiary alicyclic amines) is 1. The monoisotopic (exact) mass is 558 g/mol. The number of amides is 3. The summed E-state index contributed by atoms with van der Waals surface area (Å²) in [7, 11) is 0. The zero-order valence-electron chi connectivity index (χ0n) is 23.0. The van der Waals surface area contributed by atoms with Crippen LogP contribution in [0.1, 0.15) is 38.7 Å². The molecular formula is C29H42N4O5S. The number of ether oxygens (including phenoxy) is 1. The van der Waals surface area contributed by atoms with Gasteiger partial charge in [0.1, 0.15) is 6.04 Å². The van der Waals surface area contributed by atoms with Crippen molar-refractivity contribution in [3.63, 3.8) is 0 Å². The van der Waals surface area contributed by atoms with E-state index in [4.69, 9.17) is 4.74 Å². The number of morpholine rings is 1. The normalized spacial score (nSPS) is 31.0. The van der Waals surface area contributed by atoms with Gasteiger partial charge in [0, 0.05) is 38.0 Å². The average molecular weight is 559 g/mol. The lowest BCUT2D eigenvalue weighted by atomic mass is 9.70. The van der Waals surface area contributed by atoms with Crippen LogP contribution in [-0.4, -0.2) is 101 Å². The molecule has 10 heteroatoms. The Balaban J connectivity index is 1.37. The molecule has 6 atom stereocenters. The minimum Gasteiger partial charge on any atom is -0.394 e. The van der Waals surface area contributed by atoms with E-state index in [2.05, 4.69) is 29.4 Å². The van der Waals surface area contributed by atoms with Crippen LogP contribution >= 0.6 is 11.8 Å². The maximum absolute atomic E-state index is 14.2. The van der Waals surface area contributed by atoms with Crippen molar-refractivity contribution >= 4 is 29.5 Å². The van der Waals surface area contributed by atoms with Crippen LogP contribution in [0, 0.1) is 17.8 Å². The van der Waals surface area contributed by atoms with Crippen molar-refractivity contribution in [2.75, 3.05) is 46.0 Å². The standard InChI is InChI=1S/C29H42N4O5S/c1-19(2)16-21(18-34)33-25(27(36)30-10-11-32-12-14-38-15-13-32)29-9-8-22(39-29)23(24(29)28(33)37)26(35)31-17-20-6-4-3-5-7-20/h3-7,19,21-25,34H,8-18H2,1-2H3,(H,30,36)(H,31,35)/t21-,22+,23-,24+,25?,29?/m1/s1. The number of aliphatic hydroxyl groups excluding tert-OH is 1. The largest absolute Gasteiger partial charge is 0.394 e. The first kappa shape index (κ1) is 28.4. The van der Waals surface area contributed by atoms with Gasteiger partial charge in [-0.25, -0.2) is 0 Å². The maximum Gasteiger partial charge on any atom is 0.244 e. The molecule has 214 valence electrons. The van der Waals surface area contributed by atoms with Crippen LogP contribution in [0.2, 0.25) is 0 Å². The third kappa shape index (κ3) is 5.58. The Morgan fingerprint density at radius 3 is 2.59 bits per heavy atom. The number of hydrogen-bond acceptors (Lipinski definition) is 7. The molecule has 4 aliphatic rings. The molecule has 0 saturated carbocycles. The van der Waals surface area contributed by atoms with E-state index >= 15 is 0 Å². The van der Waals surface area contributed by atoms with Gasteiger partial charge in [-0.3, -0.25) is 19.3 Å². The second-order valence-corrected chi connectivity index (χ2v) is 13.3.